The first-order chi connectivity index (χ1) is 6.02. The molecule has 13 heavy (non-hydrogen) atoms. The fourth-order valence-electron chi connectivity index (χ4n) is 1.63. The summed E-state index contributed by atoms with van der Waals surface area (Å²) in [5.41, 5.74) is 5.63. The molecule has 3 atom stereocenters. The number of rotatable bonds is 6. The van der Waals surface area contributed by atoms with Gasteiger partial charge in [0.2, 0.25) is 0 Å². The summed E-state index contributed by atoms with van der Waals surface area (Å²) in [4.78, 5) is 0. The minimum absolute atomic E-state index is 0.222. The number of hydrogen-bond acceptors (Lipinski definition) is 2. The fourth-order valence-corrected chi connectivity index (χ4v) is 1.63. The predicted octanol–water partition coefficient (Wildman–Crippen LogP) is 2.01. The standard InChI is InChI=1S/C11H25NO/c1-5-9(4)6-11(13)10(7-12)8(2)3/h8-11,13H,5-7,12H2,1-4H3. The normalized spacial score (nSPS) is 18.7. The van der Waals surface area contributed by atoms with E-state index in [9.17, 15) is 5.11 Å². The summed E-state index contributed by atoms with van der Waals surface area (Å²) >= 11 is 0. The molecule has 0 aliphatic heterocycles. The lowest BCUT2D eigenvalue weighted by Gasteiger charge is -2.26. The SMILES string of the molecule is CCC(C)CC(O)C(CN)C(C)C. The van der Waals surface area contributed by atoms with E-state index in [2.05, 4.69) is 27.7 Å². The van der Waals surface area contributed by atoms with Gasteiger partial charge in [0.25, 0.3) is 0 Å². The van der Waals surface area contributed by atoms with Crippen LogP contribution in [-0.2, 0) is 0 Å². The van der Waals surface area contributed by atoms with Crippen molar-refractivity contribution >= 4 is 0 Å². The van der Waals surface area contributed by atoms with Crippen LogP contribution in [0.15, 0.2) is 0 Å². The summed E-state index contributed by atoms with van der Waals surface area (Å²) < 4.78 is 0. The highest BCUT2D eigenvalue weighted by Crippen LogP contribution is 2.21. The lowest BCUT2D eigenvalue weighted by molar-refractivity contribution is 0.0647. The maximum absolute atomic E-state index is 9.90. The molecule has 3 unspecified atom stereocenters. The first-order valence-electron chi connectivity index (χ1n) is 5.41. The molecule has 0 aromatic rings. The van der Waals surface area contributed by atoms with Gasteiger partial charge in [-0.2, -0.15) is 0 Å². The largest absolute Gasteiger partial charge is 0.393 e. The van der Waals surface area contributed by atoms with Crippen molar-refractivity contribution in [3.63, 3.8) is 0 Å². The van der Waals surface area contributed by atoms with E-state index in [0.717, 1.165) is 12.8 Å². The molecule has 0 bridgehead atoms. The number of hydrogen-bond donors (Lipinski definition) is 2. The molecule has 0 aromatic carbocycles. The predicted molar refractivity (Wildman–Crippen MR) is 57.5 cm³/mol. The van der Waals surface area contributed by atoms with Gasteiger partial charge < -0.3 is 10.8 Å². The molecular formula is C11H25NO. The lowest BCUT2D eigenvalue weighted by Crippen LogP contribution is -2.33. The second kappa shape index (κ2) is 6.39. The molecule has 0 fully saturated rings. The minimum atomic E-state index is -0.222. The van der Waals surface area contributed by atoms with Crippen molar-refractivity contribution < 1.29 is 5.11 Å². The van der Waals surface area contributed by atoms with E-state index in [-0.39, 0.29) is 12.0 Å². The van der Waals surface area contributed by atoms with Gasteiger partial charge in [-0.3, -0.25) is 0 Å². The Labute approximate surface area is 82.5 Å². The average molecular weight is 187 g/mol. The molecule has 2 heteroatoms. The van der Waals surface area contributed by atoms with E-state index in [1.54, 1.807) is 0 Å². The monoisotopic (exact) mass is 187 g/mol. The zero-order valence-corrected chi connectivity index (χ0v) is 9.46. The third-order valence-electron chi connectivity index (χ3n) is 2.96. The number of nitrogens with two attached hydrogens (primary N) is 1. The second-order valence-corrected chi connectivity index (χ2v) is 4.46. The van der Waals surface area contributed by atoms with Gasteiger partial charge in [0.05, 0.1) is 6.10 Å². The topological polar surface area (TPSA) is 46.2 Å². The quantitative estimate of drug-likeness (QED) is 0.668. The molecule has 0 saturated carbocycles. The molecule has 0 heterocycles. The van der Waals surface area contributed by atoms with E-state index in [1.807, 2.05) is 0 Å². The highest BCUT2D eigenvalue weighted by atomic mass is 16.3. The summed E-state index contributed by atoms with van der Waals surface area (Å²) in [5.74, 6) is 1.33. The van der Waals surface area contributed by atoms with Gasteiger partial charge in [-0.05, 0) is 30.7 Å². The highest BCUT2D eigenvalue weighted by Gasteiger charge is 2.22. The van der Waals surface area contributed by atoms with E-state index in [1.165, 1.54) is 0 Å². The van der Waals surface area contributed by atoms with Gasteiger partial charge in [0.1, 0.15) is 0 Å². The Balaban J connectivity index is 3.97. The summed E-state index contributed by atoms with van der Waals surface area (Å²) in [6.45, 7) is 9.17. The van der Waals surface area contributed by atoms with Gasteiger partial charge in [-0.1, -0.05) is 34.1 Å². The first kappa shape index (κ1) is 12.9. The molecule has 0 spiro atoms. The van der Waals surface area contributed by atoms with Crippen molar-refractivity contribution in [2.24, 2.45) is 23.5 Å². The Kier molecular flexibility index (Phi) is 6.35. The Morgan fingerprint density at radius 3 is 2.08 bits per heavy atom. The highest BCUT2D eigenvalue weighted by molar-refractivity contribution is 4.74. The number of aliphatic hydroxyl groups excluding tert-OH is 1. The molecule has 0 aliphatic carbocycles. The van der Waals surface area contributed by atoms with Crippen LogP contribution in [0, 0.1) is 17.8 Å². The van der Waals surface area contributed by atoms with Crippen molar-refractivity contribution in [2.75, 3.05) is 6.54 Å². The molecule has 0 radical (unpaired) electrons. The van der Waals surface area contributed by atoms with Gasteiger partial charge in [0, 0.05) is 0 Å². The van der Waals surface area contributed by atoms with Crippen LogP contribution >= 0.6 is 0 Å². The Morgan fingerprint density at radius 2 is 1.77 bits per heavy atom. The molecule has 0 aromatic heterocycles. The van der Waals surface area contributed by atoms with Crippen LogP contribution in [0.5, 0.6) is 0 Å². The third kappa shape index (κ3) is 4.63. The average Bonchev–Trinajstić information content (AvgIpc) is 2.04. The molecule has 3 N–H and O–H groups in total. The Hall–Kier alpha value is -0.0800. The van der Waals surface area contributed by atoms with Gasteiger partial charge in [-0.25, -0.2) is 0 Å². The third-order valence-corrected chi connectivity index (χ3v) is 2.96. The molecule has 0 aliphatic rings. The molecule has 0 rings (SSSR count). The van der Waals surface area contributed by atoms with Crippen LogP contribution in [0.2, 0.25) is 0 Å². The zero-order valence-electron chi connectivity index (χ0n) is 9.46. The van der Waals surface area contributed by atoms with Gasteiger partial charge in [-0.15, -0.1) is 0 Å². The molecule has 0 saturated heterocycles. The summed E-state index contributed by atoms with van der Waals surface area (Å²) in [6.07, 6.45) is 1.79. The van der Waals surface area contributed by atoms with Gasteiger partial charge >= 0.3 is 0 Å². The van der Waals surface area contributed by atoms with Crippen molar-refractivity contribution in [2.45, 2.75) is 46.6 Å². The van der Waals surface area contributed by atoms with E-state index in [4.69, 9.17) is 5.73 Å². The van der Waals surface area contributed by atoms with Crippen LogP contribution < -0.4 is 5.73 Å². The van der Waals surface area contributed by atoms with Crippen LogP contribution in [0.25, 0.3) is 0 Å². The van der Waals surface area contributed by atoms with Crippen LogP contribution in [-0.4, -0.2) is 17.8 Å². The van der Waals surface area contributed by atoms with Gasteiger partial charge in [0.15, 0.2) is 0 Å². The molecule has 80 valence electrons. The molecular weight excluding hydrogens is 162 g/mol. The lowest BCUT2D eigenvalue weighted by atomic mass is 9.85. The second-order valence-electron chi connectivity index (χ2n) is 4.46. The molecule has 0 amide bonds. The smallest absolute Gasteiger partial charge is 0.0585 e. The fraction of sp³-hybridized carbons (Fsp3) is 1.00. The van der Waals surface area contributed by atoms with Crippen molar-refractivity contribution in [3.8, 4) is 0 Å². The first-order valence-corrected chi connectivity index (χ1v) is 5.41. The van der Waals surface area contributed by atoms with Crippen molar-refractivity contribution in [1.29, 1.82) is 0 Å². The summed E-state index contributed by atoms with van der Waals surface area (Å²) in [7, 11) is 0. The molecule has 2 nitrogen and oxygen atoms in total. The van der Waals surface area contributed by atoms with E-state index in [0.29, 0.717) is 18.4 Å². The Bertz CT molecular complexity index is 125. The van der Waals surface area contributed by atoms with Crippen LogP contribution in [0.4, 0.5) is 0 Å². The van der Waals surface area contributed by atoms with Crippen LogP contribution in [0.1, 0.15) is 40.5 Å². The zero-order chi connectivity index (χ0) is 10.4. The van der Waals surface area contributed by atoms with Crippen molar-refractivity contribution in [1.82, 2.24) is 0 Å². The van der Waals surface area contributed by atoms with Crippen LogP contribution in [0.3, 0.4) is 0 Å². The number of aliphatic hydroxyl groups is 1. The Morgan fingerprint density at radius 1 is 1.23 bits per heavy atom. The summed E-state index contributed by atoms with van der Waals surface area (Å²) in [6, 6.07) is 0. The minimum Gasteiger partial charge on any atom is -0.393 e. The van der Waals surface area contributed by atoms with E-state index >= 15 is 0 Å². The van der Waals surface area contributed by atoms with E-state index < -0.39 is 0 Å². The van der Waals surface area contributed by atoms with Crippen molar-refractivity contribution in [3.05, 3.63) is 0 Å². The maximum Gasteiger partial charge on any atom is 0.0585 e. The maximum atomic E-state index is 9.90. The summed E-state index contributed by atoms with van der Waals surface area (Å²) in [5, 5.41) is 9.90.